The zero-order chi connectivity index (χ0) is 18.9. The summed E-state index contributed by atoms with van der Waals surface area (Å²) in [6.07, 6.45) is 0.0600. The molecule has 0 aliphatic heterocycles. The highest BCUT2D eigenvalue weighted by atomic mass is 19.4. The minimum absolute atomic E-state index is 0.0348. The first-order valence-electron chi connectivity index (χ1n) is 8.61. The molecule has 26 heavy (non-hydrogen) atoms. The van der Waals surface area contributed by atoms with Gasteiger partial charge >= 0.3 is 6.18 Å². The molecule has 1 aromatic heterocycles. The summed E-state index contributed by atoms with van der Waals surface area (Å²) in [5.41, 5.74) is -2.53. The average molecular weight is 367 g/mol. The molecule has 1 amide bonds. The van der Waals surface area contributed by atoms with Gasteiger partial charge in [0, 0.05) is 13.1 Å². The van der Waals surface area contributed by atoms with Crippen molar-refractivity contribution in [3.63, 3.8) is 0 Å². The normalized spacial score (nSPS) is 16.0. The van der Waals surface area contributed by atoms with Crippen LogP contribution < -0.4 is 5.56 Å². The summed E-state index contributed by atoms with van der Waals surface area (Å²) in [5.74, 6) is -0.372. The van der Waals surface area contributed by atoms with Crippen molar-refractivity contribution in [1.29, 1.82) is 0 Å². The zero-order valence-corrected chi connectivity index (χ0v) is 14.4. The number of amides is 1. The Balaban J connectivity index is 1.99. The Labute approximate surface area is 148 Å². The first-order valence-corrected chi connectivity index (χ1v) is 8.61. The molecule has 0 N–H and O–H groups in total. The molecule has 0 atom stereocenters. The van der Waals surface area contributed by atoms with Crippen molar-refractivity contribution in [1.82, 2.24) is 14.5 Å². The lowest BCUT2D eigenvalue weighted by Gasteiger charge is -2.31. The van der Waals surface area contributed by atoms with Crippen LogP contribution in [0.5, 0.6) is 0 Å². The molecule has 1 aliphatic rings. The molecule has 0 saturated heterocycles. The van der Waals surface area contributed by atoms with E-state index in [1.807, 2.05) is 0 Å². The standard InChI is InChI=1S/C18H20F3N3O2/c1-23(12-7-3-2-4-8-12)15(25)11-24-14-10-6-5-9-13(14)22-16(17(24)26)18(19,20)21/h5-6,9-10,12H,2-4,7-8,11H2,1H3. The topological polar surface area (TPSA) is 55.2 Å². The van der Waals surface area contributed by atoms with Crippen LogP contribution in [0.3, 0.4) is 0 Å². The molecule has 1 fully saturated rings. The number of aromatic nitrogens is 2. The summed E-state index contributed by atoms with van der Waals surface area (Å²) in [4.78, 5) is 30.0. The number of hydrogen-bond donors (Lipinski definition) is 0. The Kier molecular flexibility index (Phi) is 5.02. The van der Waals surface area contributed by atoms with Crippen LogP contribution in [0.15, 0.2) is 29.1 Å². The second-order valence-electron chi connectivity index (χ2n) is 6.63. The van der Waals surface area contributed by atoms with E-state index < -0.39 is 24.0 Å². The number of nitrogens with zero attached hydrogens (tertiary/aromatic N) is 3. The minimum atomic E-state index is -4.87. The van der Waals surface area contributed by atoms with Gasteiger partial charge in [0.25, 0.3) is 5.56 Å². The highest BCUT2D eigenvalue weighted by Crippen LogP contribution is 2.26. The third-order valence-electron chi connectivity index (χ3n) is 4.93. The van der Waals surface area contributed by atoms with Gasteiger partial charge in [-0.25, -0.2) is 4.98 Å². The van der Waals surface area contributed by atoms with E-state index in [1.165, 1.54) is 12.1 Å². The maximum atomic E-state index is 13.2. The van der Waals surface area contributed by atoms with Gasteiger partial charge in [0.05, 0.1) is 11.0 Å². The third-order valence-corrected chi connectivity index (χ3v) is 4.93. The van der Waals surface area contributed by atoms with Crippen LogP contribution in [-0.4, -0.2) is 33.4 Å². The van der Waals surface area contributed by atoms with E-state index in [9.17, 15) is 22.8 Å². The first-order chi connectivity index (χ1) is 12.3. The summed E-state index contributed by atoms with van der Waals surface area (Å²) >= 11 is 0. The highest BCUT2D eigenvalue weighted by Gasteiger charge is 2.37. The van der Waals surface area contributed by atoms with E-state index in [2.05, 4.69) is 4.98 Å². The van der Waals surface area contributed by atoms with Crippen molar-refractivity contribution in [3.05, 3.63) is 40.3 Å². The van der Waals surface area contributed by atoms with Crippen LogP contribution in [0.25, 0.3) is 11.0 Å². The molecule has 0 radical (unpaired) electrons. The summed E-state index contributed by atoms with van der Waals surface area (Å²) in [7, 11) is 1.65. The summed E-state index contributed by atoms with van der Waals surface area (Å²) in [6.45, 7) is -0.433. The third kappa shape index (κ3) is 3.59. The van der Waals surface area contributed by atoms with E-state index in [-0.39, 0.29) is 23.0 Å². The molecule has 2 aromatic rings. The number of fused-ring (bicyclic) bond motifs is 1. The molecule has 1 saturated carbocycles. The predicted octanol–water partition coefficient (Wildman–Crippen LogP) is 3.21. The Morgan fingerprint density at radius 2 is 1.88 bits per heavy atom. The Morgan fingerprint density at radius 3 is 2.54 bits per heavy atom. The van der Waals surface area contributed by atoms with Gasteiger partial charge in [-0.2, -0.15) is 13.2 Å². The van der Waals surface area contributed by atoms with Crippen molar-refractivity contribution in [2.24, 2.45) is 0 Å². The lowest BCUT2D eigenvalue weighted by molar-refractivity contribution is -0.143. The van der Waals surface area contributed by atoms with Crippen LogP contribution in [0.2, 0.25) is 0 Å². The molecule has 3 rings (SSSR count). The van der Waals surface area contributed by atoms with Gasteiger partial charge < -0.3 is 4.90 Å². The number of rotatable bonds is 3. The first kappa shape index (κ1) is 18.4. The van der Waals surface area contributed by atoms with Crippen molar-refractivity contribution in [2.45, 2.75) is 50.9 Å². The van der Waals surface area contributed by atoms with Gasteiger partial charge in [0.15, 0.2) is 0 Å². The number of hydrogen-bond acceptors (Lipinski definition) is 3. The molecule has 140 valence electrons. The number of halogens is 3. The maximum absolute atomic E-state index is 13.2. The van der Waals surface area contributed by atoms with Gasteiger partial charge in [-0.05, 0) is 25.0 Å². The lowest BCUT2D eigenvalue weighted by Crippen LogP contribution is -2.42. The molecule has 5 nitrogen and oxygen atoms in total. The second-order valence-corrected chi connectivity index (χ2v) is 6.63. The van der Waals surface area contributed by atoms with Crippen LogP contribution in [0.1, 0.15) is 37.8 Å². The van der Waals surface area contributed by atoms with E-state index in [0.717, 1.165) is 36.7 Å². The average Bonchev–Trinajstić information content (AvgIpc) is 2.62. The van der Waals surface area contributed by atoms with Gasteiger partial charge in [-0.15, -0.1) is 0 Å². The number of para-hydroxylation sites is 2. The zero-order valence-electron chi connectivity index (χ0n) is 14.4. The monoisotopic (exact) mass is 367 g/mol. The number of alkyl halides is 3. The molecule has 1 aliphatic carbocycles. The Bertz CT molecular complexity index is 870. The number of carbonyl (C=O) groups is 1. The van der Waals surface area contributed by atoms with Crippen LogP contribution in [0, 0.1) is 0 Å². The predicted molar refractivity (Wildman–Crippen MR) is 90.6 cm³/mol. The fourth-order valence-corrected chi connectivity index (χ4v) is 3.45. The largest absolute Gasteiger partial charge is 0.438 e. The number of benzene rings is 1. The number of likely N-dealkylation sites (N-methyl/N-ethyl adjacent to an activating group) is 1. The second kappa shape index (κ2) is 7.09. The van der Waals surface area contributed by atoms with Gasteiger partial charge in [0.1, 0.15) is 6.54 Å². The van der Waals surface area contributed by atoms with Crippen LogP contribution >= 0.6 is 0 Å². The van der Waals surface area contributed by atoms with Gasteiger partial charge in [0.2, 0.25) is 11.6 Å². The van der Waals surface area contributed by atoms with E-state index in [1.54, 1.807) is 24.1 Å². The summed E-state index contributed by atoms with van der Waals surface area (Å²) in [6, 6.07) is 6.11. The minimum Gasteiger partial charge on any atom is -0.341 e. The van der Waals surface area contributed by atoms with Crippen molar-refractivity contribution in [2.75, 3.05) is 7.05 Å². The molecule has 1 aromatic carbocycles. The molecular weight excluding hydrogens is 347 g/mol. The van der Waals surface area contributed by atoms with Gasteiger partial charge in [-0.3, -0.25) is 14.2 Å². The van der Waals surface area contributed by atoms with E-state index >= 15 is 0 Å². The number of carbonyl (C=O) groups excluding carboxylic acids is 1. The molecule has 0 unspecified atom stereocenters. The van der Waals surface area contributed by atoms with Gasteiger partial charge in [-0.1, -0.05) is 31.4 Å². The molecule has 0 bridgehead atoms. The van der Waals surface area contributed by atoms with E-state index in [0.29, 0.717) is 0 Å². The quantitative estimate of drug-likeness (QED) is 0.837. The fourth-order valence-electron chi connectivity index (χ4n) is 3.45. The SMILES string of the molecule is CN(C(=O)Cn1c(=O)c(C(F)(F)F)nc2ccccc21)C1CCCCC1. The lowest BCUT2D eigenvalue weighted by atomic mass is 9.94. The maximum Gasteiger partial charge on any atom is 0.438 e. The summed E-state index contributed by atoms with van der Waals surface area (Å²) < 4.78 is 40.4. The smallest absolute Gasteiger partial charge is 0.341 e. The Morgan fingerprint density at radius 1 is 1.23 bits per heavy atom. The van der Waals surface area contributed by atoms with Crippen molar-refractivity contribution >= 4 is 16.9 Å². The van der Waals surface area contributed by atoms with E-state index in [4.69, 9.17) is 0 Å². The molecule has 1 heterocycles. The molecular formula is C18H20F3N3O2. The van der Waals surface area contributed by atoms with Crippen LogP contribution in [-0.2, 0) is 17.5 Å². The summed E-state index contributed by atoms with van der Waals surface area (Å²) in [5, 5.41) is 0. The van der Waals surface area contributed by atoms with Crippen molar-refractivity contribution in [3.8, 4) is 0 Å². The van der Waals surface area contributed by atoms with Crippen molar-refractivity contribution < 1.29 is 18.0 Å². The highest BCUT2D eigenvalue weighted by molar-refractivity contribution is 5.80. The Hall–Kier alpha value is -2.38. The fraction of sp³-hybridized carbons (Fsp3) is 0.500. The molecule has 0 spiro atoms. The molecule has 8 heteroatoms. The van der Waals surface area contributed by atoms with Crippen LogP contribution in [0.4, 0.5) is 13.2 Å².